The van der Waals surface area contributed by atoms with Crippen molar-refractivity contribution in [1.82, 2.24) is 14.8 Å². The molecule has 172 valence electrons. The van der Waals surface area contributed by atoms with Crippen molar-refractivity contribution >= 4 is 29.0 Å². The van der Waals surface area contributed by atoms with Gasteiger partial charge in [0.05, 0.1) is 16.2 Å². The molecule has 3 aromatic rings. The lowest BCUT2D eigenvalue weighted by Gasteiger charge is -2.25. The van der Waals surface area contributed by atoms with Gasteiger partial charge in [0.15, 0.2) is 11.0 Å². The monoisotopic (exact) mass is 469 g/mol. The Hall–Kier alpha value is -3.27. The molecular weight excluding hydrogens is 445 g/mol. The minimum Gasteiger partial charge on any atom is -0.320 e. The minimum absolute atomic E-state index is 0.00679. The maximum absolute atomic E-state index is 14.5. The maximum atomic E-state index is 14.5. The third-order valence-electron chi connectivity index (χ3n) is 5.68. The first-order valence-electron chi connectivity index (χ1n) is 10.8. The number of nitro groups is 1. The fraction of sp³-hybridized carbons (Fsp3) is 0.348. The SMILES string of the molecule is Cc1ccc(NC(=O)CSc2nnc(-c3ccccc3F)n2C2CCCCC2)c([N+](=O)[O-])c1. The Labute approximate surface area is 194 Å². The summed E-state index contributed by atoms with van der Waals surface area (Å²) >= 11 is 1.19. The van der Waals surface area contributed by atoms with Crippen LogP contribution in [0.1, 0.15) is 43.7 Å². The van der Waals surface area contributed by atoms with Gasteiger partial charge in [0.2, 0.25) is 5.91 Å². The molecule has 8 nitrogen and oxygen atoms in total. The van der Waals surface area contributed by atoms with E-state index in [1.807, 2.05) is 4.57 Å². The number of amides is 1. The normalized spacial score (nSPS) is 14.2. The second kappa shape index (κ2) is 10.1. The molecule has 1 aliphatic rings. The first kappa shape index (κ1) is 22.9. The van der Waals surface area contributed by atoms with Crippen LogP contribution in [0.15, 0.2) is 47.6 Å². The van der Waals surface area contributed by atoms with Crippen LogP contribution in [0.2, 0.25) is 0 Å². The molecule has 10 heteroatoms. The van der Waals surface area contributed by atoms with Gasteiger partial charge in [0, 0.05) is 12.1 Å². The van der Waals surface area contributed by atoms with Gasteiger partial charge < -0.3 is 5.32 Å². The van der Waals surface area contributed by atoms with Crippen LogP contribution in [0.5, 0.6) is 0 Å². The van der Waals surface area contributed by atoms with E-state index in [0.29, 0.717) is 16.5 Å². The van der Waals surface area contributed by atoms with Crippen LogP contribution in [0.25, 0.3) is 11.4 Å². The first-order chi connectivity index (χ1) is 15.9. The Morgan fingerprint density at radius 3 is 2.70 bits per heavy atom. The van der Waals surface area contributed by atoms with Crippen LogP contribution < -0.4 is 5.32 Å². The maximum Gasteiger partial charge on any atom is 0.293 e. The van der Waals surface area contributed by atoms with E-state index in [2.05, 4.69) is 15.5 Å². The number of benzene rings is 2. The van der Waals surface area contributed by atoms with Gasteiger partial charge in [-0.15, -0.1) is 10.2 Å². The van der Waals surface area contributed by atoms with E-state index in [0.717, 1.165) is 37.7 Å². The smallest absolute Gasteiger partial charge is 0.293 e. The lowest BCUT2D eigenvalue weighted by atomic mass is 9.95. The highest BCUT2D eigenvalue weighted by Gasteiger charge is 2.26. The summed E-state index contributed by atoms with van der Waals surface area (Å²) in [7, 11) is 0. The molecule has 0 radical (unpaired) electrons. The molecule has 0 saturated heterocycles. The molecule has 33 heavy (non-hydrogen) atoms. The highest BCUT2D eigenvalue weighted by atomic mass is 32.2. The highest BCUT2D eigenvalue weighted by Crippen LogP contribution is 2.36. The van der Waals surface area contributed by atoms with E-state index in [1.54, 1.807) is 31.2 Å². The number of anilines is 1. The van der Waals surface area contributed by atoms with E-state index in [-0.39, 0.29) is 29.0 Å². The van der Waals surface area contributed by atoms with E-state index in [9.17, 15) is 19.3 Å². The third kappa shape index (κ3) is 5.22. The average molecular weight is 470 g/mol. The van der Waals surface area contributed by atoms with Crippen LogP contribution in [0.4, 0.5) is 15.8 Å². The Morgan fingerprint density at radius 1 is 1.21 bits per heavy atom. The average Bonchev–Trinajstić information content (AvgIpc) is 3.23. The number of hydrogen-bond donors (Lipinski definition) is 1. The van der Waals surface area contributed by atoms with E-state index < -0.39 is 10.8 Å². The summed E-state index contributed by atoms with van der Waals surface area (Å²) in [4.78, 5) is 23.4. The number of nitro benzene ring substituents is 1. The van der Waals surface area contributed by atoms with Crippen molar-refractivity contribution < 1.29 is 14.1 Å². The van der Waals surface area contributed by atoms with Crippen molar-refractivity contribution in [3.05, 3.63) is 64.0 Å². The highest BCUT2D eigenvalue weighted by molar-refractivity contribution is 7.99. The number of halogens is 1. The molecule has 2 aromatic carbocycles. The summed E-state index contributed by atoms with van der Waals surface area (Å²) in [6.07, 6.45) is 5.18. The second-order valence-electron chi connectivity index (χ2n) is 8.06. The van der Waals surface area contributed by atoms with Crippen molar-refractivity contribution in [2.45, 2.75) is 50.2 Å². The van der Waals surface area contributed by atoms with Crippen molar-refractivity contribution in [3.8, 4) is 11.4 Å². The molecule has 1 N–H and O–H groups in total. The number of rotatable bonds is 7. The van der Waals surface area contributed by atoms with Crippen molar-refractivity contribution in [1.29, 1.82) is 0 Å². The number of aryl methyl sites for hydroxylation is 1. The van der Waals surface area contributed by atoms with Gasteiger partial charge >= 0.3 is 0 Å². The van der Waals surface area contributed by atoms with Crippen LogP contribution in [0, 0.1) is 22.9 Å². The van der Waals surface area contributed by atoms with Crippen LogP contribution in [-0.2, 0) is 4.79 Å². The topological polar surface area (TPSA) is 103 Å². The predicted octanol–water partition coefficient (Wildman–Crippen LogP) is 5.54. The Morgan fingerprint density at radius 2 is 1.97 bits per heavy atom. The van der Waals surface area contributed by atoms with Gasteiger partial charge in [0.1, 0.15) is 11.5 Å². The van der Waals surface area contributed by atoms with E-state index in [4.69, 9.17) is 0 Å². The van der Waals surface area contributed by atoms with Gasteiger partial charge in [-0.05, 0) is 43.5 Å². The van der Waals surface area contributed by atoms with Crippen LogP contribution >= 0.6 is 11.8 Å². The molecule has 4 rings (SSSR count). The summed E-state index contributed by atoms with van der Waals surface area (Å²) in [5.74, 6) is -0.315. The molecule has 1 aromatic heterocycles. The summed E-state index contributed by atoms with van der Waals surface area (Å²) in [6.45, 7) is 1.75. The summed E-state index contributed by atoms with van der Waals surface area (Å²) in [5.41, 5.74) is 1.11. The number of carbonyl (C=O) groups excluding carboxylic acids is 1. The molecule has 1 aliphatic carbocycles. The summed E-state index contributed by atoms with van der Waals surface area (Å²) in [5, 5.41) is 23.0. The zero-order valence-electron chi connectivity index (χ0n) is 18.2. The molecule has 0 bridgehead atoms. The molecule has 0 unspecified atom stereocenters. The standard InChI is InChI=1S/C23H24FN5O3S/c1-15-11-12-19(20(13-15)29(31)32)25-21(30)14-33-23-27-26-22(17-9-5-6-10-18(17)24)28(23)16-7-3-2-4-8-16/h5-6,9-13,16H,2-4,7-8,14H2,1H3,(H,25,30). The number of nitrogens with one attached hydrogen (secondary N) is 1. The summed E-state index contributed by atoms with van der Waals surface area (Å²) in [6, 6.07) is 11.2. The van der Waals surface area contributed by atoms with Gasteiger partial charge in [-0.1, -0.05) is 49.2 Å². The van der Waals surface area contributed by atoms with Crippen molar-refractivity contribution in [2.75, 3.05) is 11.1 Å². The third-order valence-corrected chi connectivity index (χ3v) is 6.62. The Balaban J connectivity index is 1.55. The second-order valence-corrected chi connectivity index (χ2v) is 9.00. The van der Waals surface area contributed by atoms with Crippen molar-refractivity contribution in [3.63, 3.8) is 0 Å². The zero-order valence-corrected chi connectivity index (χ0v) is 19.0. The molecule has 1 saturated carbocycles. The number of carbonyl (C=O) groups is 1. The summed E-state index contributed by atoms with van der Waals surface area (Å²) < 4.78 is 16.5. The van der Waals surface area contributed by atoms with Gasteiger partial charge in [-0.2, -0.15) is 0 Å². The minimum atomic E-state index is -0.518. The fourth-order valence-corrected chi connectivity index (χ4v) is 4.89. The molecule has 0 atom stereocenters. The molecule has 1 amide bonds. The first-order valence-corrected chi connectivity index (χ1v) is 11.8. The molecule has 0 spiro atoms. The molecule has 0 aliphatic heterocycles. The largest absolute Gasteiger partial charge is 0.320 e. The lowest BCUT2D eigenvalue weighted by molar-refractivity contribution is -0.384. The number of hydrogen-bond acceptors (Lipinski definition) is 6. The van der Waals surface area contributed by atoms with Crippen molar-refractivity contribution in [2.24, 2.45) is 0 Å². The Kier molecular flexibility index (Phi) is 7.02. The van der Waals surface area contributed by atoms with E-state index in [1.165, 1.54) is 30.0 Å². The van der Waals surface area contributed by atoms with E-state index >= 15 is 0 Å². The molecule has 1 fully saturated rings. The quantitative estimate of drug-likeness (QED) is 0.277. The van der Waals surface area contributed by atoms with Gasteiger partial charge in [-0.3, -0.25) is 19.5 Å². The van der Waals surface area contributed by atoms with Crippen LogP contribution in [-0.4, -0.2) is 31.3 Å². The number of thioether (sulfide) groups is 1. The fourth-order valence-electron chi connectivity index (χ4n) is 4.08. The van der Waals surface area contributed by atoms with Gasteiger partial charge in [0.25, 0.3) is 5.69 Å². The Bertz CT molecular complexity index is 1180. The zero-order chi connectivity index (χ0) is 23.4. The number of nitrogens with zero attached hydrogens (tertiary/aromatic N) is 4. The molecular formula is C23H24FN5O3S. The number of aromatic nitrogens is 3. The van der Waals surface area contributed by atoms with Gasteiger partial charge in [-0.25, -0.2) is 4.39 Å². The van der Waals surface area contributed by atoms with Crippen LogP contribution in [0.3, 0.4) is 0 Å². The molecule has 1 heterocycles. The lowest BCUT2D eigenvalue weighted by Crippen LogP contribution is -2.18. The predicted molar refractivity (Wildman–Crippen MR) is 125 cm³/mol.